The van der Waals surface area contributed by atoms with Crippen LogP contribution in [-0.2, 0) is 13.0 Å². The fraction of sp³-hybridized carbons (Fsp3) is 0.250. The third kappa shape index (κ3) is 4.08. The molecule has 0 radical (unpaired) electrons. The summed E-state index contributed by atoms with van der Waals surface area (Å²) >= 11 is 0. The Hall–Kier alpha value is -3.15. The molecule has 0 atom stereocenters. The van der Waals surface area contributed by atoms with Crippen molar-refractivity contribution in [2.75, 3.05) is 0 Å². The Labute approximate surface area is 152 Å². The van der Waals surface area contributed by atoms with Gasteiger partial charge in [0.1, 0.15) is 0 Å². The molecule has 6 heteroatoms. The van der Waals surface area contributed by atoms with Crippen molar-refractivity contribution in [1.82, 2.24) is 20.3 Å². The van der Waals surface area contributed by atoms with Crippen molar-refractivity contribution in [3.8, 4) is 5.69 Å². The molecule has 0 bridgehead atoms. The Morgan fingerprint density at radius 2 is 1.88 bits per heavy atom. The lowest BCUT2D eigenvalue weighted by molar-refractivity contribution is 0.194. The third-order valence-electron chi connectivity index (χ3n) is 4.40. The molecule has 0 spiro atoms. The van der Waals surface area contributed by atoms with E-state index in [0.717, 1.165) is 28.9 Å². The molecule has 2 N–H and O–H groups in total. The number of aromatic nitrogens is 3. The molecule has 134 valence electrons. The number of hydrogen-bond donors (Lipinski definition) is 2. The molecule has 0 saturated heterocycles. The smallest absolute Gasteiger partial charge is 0.404 e. The molecule has 6 nitrogen and oxygen atoms in total. The van der Waals surface area contributed by atoms with Crippen LogP contribution < -0.4 is 5.32 Å². The minimum absolute atomic E-state index is 0.256. The molecule has 0 saturated carbocycles. The van der Waals surface area contributed by atoms with E-state index in [0.29, 0.717) is 0 Å². The minimum Gasteiger partial charge on any atom is -0.465 e. The highest BCUT2D eigenvalue weighted by Gasteiger charge is 2.08. The molecule has 1 heterocycles. The summed E-state index contributed by atoms with van der Waals surface area (Å²) in [5.41, 5.74) is 7.35. The third-order valence-corrected chi connectivity index (χ3v) is 4.40. The van der Waals surface area contributed by atoms with E-state index in [9.17, 15) is 4.79 Å². The summed E-state index contributed by atoms with van der Waals surface area (Å²) in [5, 5.41) is 20.1. The van der Waals surface area contributed by atoms with Gasteiger partial charge in [0.2, 0.25) is 0 Å². The molecule has 0 aliphatic rings. The summed E-state index contributed by atoms with van der Waals surface area (Å²) < 4.78 is 0. The van der Waals surface area contributed by atoms with Crippen LogP contribution >= 0.6 is 0 Å². The maximum absolute atomic E-state index is 10.7. The fourth-order valence-corrected chi connectivity index (χ4v) is 2.88. The first-order valence-corrected chi connectivity index (χ1v) is 8.46. The summed E-state index contributed by atoms with van der Waals surface area (Å²) in [6, 6.07) is 12.2. The topological polar surface area (TPSA) is 80.0 Å². The molecule has 0 aliphatic heterocycles. The van der Waals surface area contributed by atoms with Crippen molar-refractivity contribution in [3.05, 3.63) is 76.1 Å². The van der Waals surface area contributed by atoms with Crippen LogP contribution in [-0.4, -0.2) is 26.2 Å². The lowest BCUT2D eigenvalue weighted by Crippen LogP contribution is -2.20. The monoisotopic (exact) mass is 350 g/mol. The highest BCUT2D eigenvalue weighted by atomic mass is 16.4. The quantitative estimate of drug-likeness (QED) is 0.737. The second kappa shape index (κ2) is 7.39. The minimum atomic E-state index is -1.04. The molecule has 2 aromatic carbocycles. The Kier molecular flexibility index (Phi) is 5.02. The van der Waals surface area contributed by atoms with Crippen molar-refractivity contribution >= 4 is 6.09 Å². The predicted molar refractivity (Wildman–Crippen MR) is 99.7 cm³/mol. The molecule has 3 aromatic rings. The van der Waals surface area contributed by atoms with Crippen LogP contribution in [0, 0.1) is 20.8 Å². The van der Waals surface area contributed by atoms with Crippen LogP contribution in [0.15, 0.2) is 42.6 Å². The number of aryl methyl sites for hydroxylation is 3. The normalized spacial score (nSPS) is 10.7. The maximum Gasteiger partial charge on any atom is 0.404 e. The van der Waals surface area contributed by atoms with Gasteiger partial charge in [-0.2, -0.15) is 15.0 Å². The number of carbonyl (C=O) groups is 1. The molecular weight excluding hydrogens is 328 g/mol. The second-order valence-electron chi connectivity index (χ2n) is 6.50. The van der Waals surface area contributed by atoms with E-state index in [1.165, 1.54) is 16.7 Å². The van der Waals surface area contributed by atoms with Crippen LogP contribution in [0.1, 0.15) is 33.5 Å². The predicted octanol–water partition coefficient (Wildman–Crippen LogP) is 3.55. The number of nitrogens with one attached hydrogen (secondary N) is 1. The molecule has 26 heavy (non-hydrogen) atoms. The van der Waals surface area contributed by atoms with E-state index in [1.54, 1.807) is 11.0 Å². The Morgan fingerprint density at radius 1 is 1.08 bits per heavy atom. The zero-order chi connectivity index (χ0) is 18.7. The van der Waals surface area contributed by atoms with E-state index in [2.05, 4.69) is 47.6 Å². The van der Waals surface area contributed by atoms with Gasteiger partial charge in [-0.15, -0.1) is 0 Å². The largest absolute Gasteiger partial charge is 0.465 e. The van der Waals surface area contributed by atoms with Gasteiger partial charge >= 0.3 is 6.09 Å². The van der Waals surface area contributed by atoms with E-state index >= 15 is 0 Å². The molecule has 0 unspecified atom stereocenters. The van der Waals surface area contributed by atoms with Gasteiger partial charge in [0, 0.05) is 13.0 Å². The fourth-order valence-electron chi connectivity index (χ4n) is 2.88. The highest BCUT2D eigenvalue weighted by Crippen LogP contribution is 2.16. The number of nitrogens with zero attached hydrogens (tertiary/aromatic N) is 3. The maximum atomic E-state index is 10.7. The van der Waals surface area contributed by atoms with Crippen LogP contribution in [0.25, 0.3) is 5.69 Å². The van der Waals surface area contributed by atoms with Crippen molar-refractivity contribution in [2.24, 2.45) is 0 Å². The number of hydrogen-bond acceptors (Lipinski definition) is 3. The average molecular weight is 350 g/mol. The van der Waals surface area contributed by atoms with Crippen molar-refractivity contribution in [3.63, 3.8) is 0 Å². The first-order valence-electron chi connectivity index (χ1n) is 8.46. The van der Waals surface area contributed by atoms with Crippen molar-refractivity contribution in [1.29, 1.82) is 0 Å². The Bertz CT molecular complexity index is 947. The summed E-state index contributed by atoms with van der Waals surface area (Å²) in [6.45, 7) is 6.39. The van der Waals surface area contributed by atoms with Gasteiger partial charge in [-0.3, -0.25) is 0 Å². The Balaban J connectivity index is 1.81. The molecule has 1 aromatic heterocycles. The van der Waals surface area contributed by atoms with Gasteiger partial charge in [0.15, 0.2) is 0 Å². The SMILES string of the molecule is Cc1ccc(Cc2cnn(-c3ccc(C)c(CNC(=O)O)c3)n2)c(C)c1. The second-order valence-corrected chi connectivity index (χ2v) is 6.50. The molecule has 3 rings (SSSR count). The van der Waals surface area contributed by atoms with Gasteiger partial charge in [-0.1, -0.05) is 29.8 Å². The lowest BCUT2D eigenvalue weighted by atomic mass is 10.0. The number of amides is 1. The van der Waals surface area contributed by atoms with E-state index in [4.69, 9.17) is 5.11 Å². The molecule has 0 aliphatic carbocycles. The number of rotatable bonds is 5. The van der Waals surface area contributed by atoms with E-state index in [1.807, 2.05) is 25.1 Å². The zero-order valence-corrected chi connectivity index (χ0v) is 15.2. The molecule has 0 fully saturated rings. The molecule has 1 amide bonds. The van der Waals surface area contributed by atoms with Crippen LogP contribution in [0.3, 0.4) is 0 Å². The summed E-state index contributed by atoms with van der Waals surface area (Å²) in [7, 11) is 0. The number of carboxylic acid groups (broad SMARTS) is 1. The van der Waals surface area contributed by atoms with Gasteiger partial charge in [0.25, 0.3) is 0 Å². The Morgan fingerprint density at radius 3 is 2.62 bits per heavy atom. The lowest BCUT2D eigenvalue weighted by Gasteiger charge is -2.08. The molecular formula is C20H22N4O2. The van der Waals surface area contributed by atoms with Crippen LogP contribution in [0.5, 0.6) is 0 Å². The first kappa shape index (κ1) is 17.7. The van der Waals surface area contributed by atoms with E-state index in [-0.39, 0.29) is 6.54 Å². The van der Waals surface area contributed by atoms with E-state index < -0.39 is 6.09 Å². The summed E-state index contributed by atoms with van der Waals surface area (Å²) in [6.07, 6.45) is 1.46. The van der Waals surface area contributed by atoms with Gasteiger partial charge in [0.05, 0.1) is 17.6 Å². The van der Waals surface area contributed by atoms with Gasteiger partial charge < -0.3 is 10.4 Å². The average Bonchev–Trinajstić information content (AvgIpc) is 3.05. The summed E-state index contributed by atoms with van der Waals surface area (Å²) in [4.78, 5) is 12.3. The standard InChI is InChI=1S/C20H22N4O2/c1-13-4-6-16(15(3)8-13)9-18-12-22-24(23-18)19-7-5-14(2)17(10-19)11-21-20(25)26/h4-8,10,12,21H,9,11H2,1-3H3,(H,25,26). The number of benzene rings is 2. The summed E-state index contributed by atoms with van der Waals surface area (Å²) in [5.74, 6) is 0. The van der Waals surface area contributed by atoms with Crippen molar-refractivity contribution < 1.29 is 9.90 Å². The van der Waals surface area contributed by atoms with Gasteiger partial charge in [-0.05, 0) is 55.2 Å². The van der Waals surface area contributed by atoms with Crippen molar-refractivity contribution in [2.45, 2.75) is 33.7 Å². The first-order chi connectivity index (χ1) is 12.4. The van der Waals surface area contributed by atoms with Gasteiger partial charge in [-0.25, -0.2) is 4.79 Å². The van der Waals surface area contributed by atoms with Crippen LogP contribution in [0.2, 0.25) is 0 Å². The highest BCUT2D eigenvalue weighted by molar-refractivity contribution is 5.64. The van der Waals surface area contributed by atoms with Crippen LogP contribution in [0.4, 0.5) is 4.79 Å². The zero-order valence-electron chi connectivity index (χ0n) is 15.2.